The minimum Gasteiger partial charge on any atom is -0.497 e. The van der Waals surface area contributed by atoms with Gasteiger partial charge in [-0.2, -0.15) is 0 Å². The first-order valence-electron chi connectivity index (χ1n) is 10.7. The Bertz CT molecular complexity index is 1350. The fourth-order valence-corrected chi connectivity index (χ4v) is 3.66. The first-order valence-corrected chi connectivity index (χ1v) is 10.7. The third-order valence-corrected chi connectivity index (χ3v) is 5.47. The van der Waals surface area contributed by atoms with Gasteiger partial charge >= 0.3 is 0 Å². The molecule has 0 radical (unpaired) electrons. The van der Waals surface area contributed by atoms with Crippen LogP contribution in [0.15, 0.2) is 65.7 Å². The summed E-state index contributed by atoms with van der Waals surface area (Å²) >= 11 is 0. The van der Waals surface area contributed by atoms with E-state index < -0.39 is 10.7 Å². The summed E-state index contributed by atoms with van der Waals surface area (Å²) < 4.78 is 21.7. The van der Waals surface area contributed by atoms with Crippen LogP contribution in [0.1, 0.15) is 11.4 Å². The number of likely N-dealkylation sites (N-methyl/N-ethyl adjacent to an activating group) is 1. The van der Waals surface area contributed by atoms with E-state index in [1.54, 1.807) is 13.3 Å². The van der Waals surface area contributed by atoms with Crippen molar-refractivity contribution in [3.8, 4) is 16.9 Å². The van der Waals surface area contributed by atoms with Gasteiger partial charge in [-0.15, -0.1) is 0 Å². The third kappa shape index (κ3) is 4.94. The second-order valence-corrected chi connectivity index (χ2v) is 7.66. The highest BCUT2D eigenvalue weighted by Gasteiger charge is 2.16. The van der Waals surface area contributed by atoms with E-state index in [0.717, 1.165) is 40.0 Å². The fraction of sp³-hybridized carbons (Fsp3) is 0.200. The van der Waals surface area contributed by atoms with Gasteiger partial charge in [0.05, 0.1) is 42.4 Å². The van der Waals surface area contributed by atoms with E-state index in [-0.39, 0.29) is 17.8 Å². The van der Waals surface area contributed by atoms with Crippen molar-refractivity contribution in [3.05, 3.63) is 88.0 Å². The molecule has 0 unspecified atom stereocenters. The summed E-state index contributed by atoms with van der Waals surface area (Å²) in [5.41, 5.74) is 3.47. The van der Waals surface area contributed by atoms with E-state index >= 15 is 0 Å². The average Bonchev–Trinajstić information content (AvgIpc) is 3.19. The number of fused-ring (bicyclic) bond motifs is 1. The van der Waals surface area contributed by atoms with E-state index in [4.69, 9.17) is 4.74 Å². The molecular formula is C25H24FN5O3. The number of halogens is 1. The Kier molecular flexibility index (Phi) is 6.93. The van der Waals surface area contributed by atoms with Gasteiger partial charge in [0.15, 0.2) is 5.82 Å². The van der Waals surface area contributed by atoms with Gasteiger partial charge in [0.2, 0.25) is 0 Å². The van der Waals surface area contributed by atoms with Crippen LogP contribution in [0.5, 0.6) is 5.75 Å². The van der Waals surface area contributed by atoms with Crippen LogP contribution in [-0.4, -0.2) is 47.9 Å². The van der Waals surface area contributed by atoms with Crippen molar-refractivity contribution < 1.29 is 14.1 Å². The zero-order valence-electron chi connectivity index (χ0n) is 18.9. The molecule has 1 heterocycles. The van der Waals surface area contributed by atoms with Gasteiger partial charge in [-0.3, -0.25) is 15.1 Å². The molecule has 0 aliphatic heterocycles. The number of aliphatic imine (C=N–C) groups is 1. The Morgan fingerprint density at radius 3 is 2.62 bits per heavy atom. The Balaban J connectivity index is 1.81. The van der Waals surface area contributed by atoms with Crippen molar-refractivity contribution >= 4 is 22.9 Å². The number of nitrogens with zero attached hydrogens (tertiary/aromatic N) is 4. The number of rotatable bonds is 9. The van der Waals surface area contributed by atoms with E-state index in [1.165, 1.54) is 6.07 Å². The van der Waals surface area contributed by atoms with Crippen LogP contribution in [0.25, 0.3) is 22.2 Å². The second kappa shape index (κ2) is 10.2. The van der Waals surface area contributed by atoms with Crippen molar-refractivity contribution in [1.82, 2.24) is 14.9 Å². The lowest BCUT2D eigenvalue weighted by Crippen LogP contribution is -2.11. The number of imidazole rings is 1. The van der Waals surface area contributed by atoms with Crippen molar-refractivity contribution in [2.75, 3.05) is 27.2 Å². The van der Waals surface area contributed by atoms with Crippen molar-refractivity contribution in [2.45, 2.75) is 6.54 Å². The second-order valence-electron chi connectivity index (χ2n) is 7.66. The number of nitrogens with one attached hydrogen (secondary N) is 1. The number of hydrogen-bond acceptors (Lipinski definition) is 6. The van der Waals surface area contributed by atoms with Crippen LogP contribution < -0.4 is 10.1 Å². The topological polar surface area (TPSA) is 94.6 Å². The number of nitro groups is 1. The smallest absolute Gasteiger partial charge is 0.269 e. The Morgan fingerprint density at radius 2 is 1.91 bits per heavy atom. The fourth-order valence-electron chi connectivity index (χ4n) is 3.66. The molecule has 1 N–H and O–H groups in total. The Labute approximate surface area is 195 Å². The molecule has 0 spiro atoms. The van der Waals surface area contributed by atoms with Gasteiger partial charge in [-0.05, 0) is 48.5 Å². The maximum absolute atomic E-state index is 14.6. The van der Waals surface area contributed by atoms with Gasteiger partial charge in [0.1, 0.15) is 11.6 Å². The number of benzene rings is 3. The molecular weight excluding hydrogens is 437 g/mol. The molecule has 8 nitrogen and oxygen atoms in total. The van der Waals surface area contributed by atoms with Gasteiger partial charge in [-0.25, -0.2) is 9.37 Å². The van der Waals surface area contributed by atoms with Gasteiger partial charge in [-0.1, -0.05) is 18.2 Å². The zero-order chi connectivity index (χ0) is 24.1. The SMILES string of the molecule is CNCCN=Cc1nc2ccc(-c3ccc(OC)cc3)cc2n1Cc1cc([N+](=O)[O-])ccc1F. The lowest BCUT2D eigenvalue weighted by molar-refractivity contribution is -0.385. The lowest BCUT2D eigenvalue weighted by Gasteiger charge is -2.10. The molecule has 3 aromatic carbocycles. The number of methoxy groups -OCH3 is 1. The summed E-state index contributed by atoms with van der Waals surface area (Å²) in [6.07, 6.45) is 1.65. The quantitative estimate of drug-likeness (QED) is 0.172. The highest BCUT2D eigenvalue weighted by atomic mass is 19.1. The monoisotopic (exact) mass is 461 g/mol. The van der Waals surface area contributed by atoms with Crippen LogP contribution in [0, 0.1) is 15.9 Å². The van der Waals surface area contributed by atoms with E-state index in [1.807, 2.05) is 54.1 Å². The van der Waals surface area contributed by atoms with Crippen molar-refractivity contribution in [1.29, 1.82) is 0 Å². The average molecular weight is 461 g/mol. The molecule has 0 bridgehead atoms. The summed E-state index contributed by atoms with van der Waals surface area (Å²) in [5, 5.41) is 14.3. The number of ether oxygens (including phenoxy) is 1. The van der Waals surface area contributed by atoms with E-state index in [2.05, 4.69) is 15.3 Å². The molecule has 0 atom stereocenters. The molecule has 4 rings (SSSR count). The number of aromatic nitrogens is 2. The molecule has 0 fully saturated rings. The number of non-ortho nitro benzene ring substituents is 1. The molecule has 0 saturated carbocycles. The van der Waals surface area contributed by atoms with Crippen LogP contribution >= 0.6 is 0 Å². The Hall–Kier alpha value is -4.11. The molecule has 34 heavy (non-hydrogen) atoms. The minimum atomic E-state index is -0.531. The largest absolute Gasteiger partial charge is 0.497 e. The highest BCUT2D eigenvalue weighted by Crippen LogP contribution is 2.28. The molecule has 0 amide bonds. The van der Waals surface area contributed by atoms with E-state index in [9.17, 15) is 14.5 Å². The molecule has 1 aromatic heterocycles. The molecule has 0 saturated heterocycles. The number of nitro benzene ring substituents is 1. The van der Waals surface area contributed by atoms with Crippen LogP contribution in [0.2, 0.25) is 0 Å². The molecule has 174 valence electrons. The van der Waals surface area contributed by atoms with Crippen LogP contribution in [0.4, 0.5) is 10.1 Å². The predicted molar refractivity (Wildman–Crippen MR) is 130 cm³/mol. The van der Waals surface area contributed by atoms with Gasteiger partial charge < -0.3 is 14.6 Å². The van der Waals surface area contributed by atoms with Crippen molar-refractivity contribution in [3.63, 3.8) is 0 Å². The first-order chi connectivity index (χ1) is 16.5. The molecule has 9 heteroatoms. The summed E-state index contributed by atoms with van der Waals surface area (Å²) in [6, 6.07) is 17.1. The van der Waals surface area contributed by atoms with Crippen LogP contribution in [-0.2, 0) is 6.54 Å². The highest BCUT2D eigenvalue weighted by molar-refractivity contribution is 5.88. The molecule has 0 aliphatic rings. The van der Waals surface area contributed by atoms with Crippen LogP contribution in [0.3, 0.4) is 0 Å². The lowest BCUT2D eigenvalue weighted by atomic mass is 10.0. The zero-order valence-corrected chi connectivity index (χ0v) is 18.9. The summed E-state index contributed by atoms with van der Waals surface area (Å²) in [7, 11) is 3.46. The molecule has 0 aliphatic carbocycles. The minimum absolute atomic E-state index is 0.0729. The maximum Gasteiger partial charge on any atom is 0.269 e. The normalized spacial score (nSPS) is 11.4. The predicted octanol–water partition coefficient (Wildman–Crippen LogP) is 4.45. The third-order valence-electron chi connectivity index (χ3n) is 5.47. The summed E-state index contributed by atoms with van der Waals surface area (Å²) in [4.78, 5) is 19.8. The summed E-state index contributed by atoms with van der Waals surface area (Å²) in [6.45, 7) is 1.34. The van der Waals surface area contributed by atoms with Crippen molar-refractivity contribution in [2.24, 2.45) is 4.99 Å². The van der Waals surface area contributed by atoms with E-state index in [0.29, 0.717) is 18.9 Å². The Morgan fingerprint density at radius 1 is 1.15 bits per heavy atom. The molecule has 4 aromatic rings. The first kappa shape index (κ1) is 23.1. The summed E-state index contributed by atoms with van der Waals surface area (Å²) in [5.74, 6) is 0.789. The van der Waals surface area contributed by atoms with Gasteiger partial charge in [0, 0.05) is 24.2 Å². The van der Waals surface area contributed by atoms with Gasteiger partial charge in [0.25, 0.3) is 5.69 Å². The maximum atomic E-state index is 14.6. The number of hydrogen-bond donors (Lipinski definition) is 1. The standard InChI is InChI=1S/C25H24FN5O3/c1-27-11-12-28-15-25-29-23-10-5-18(17-3-7-21(34-2)8-4-17)14-24(23)30(25)16-19-13-20(31(32)33)6-9-22(19)26/h3-10,13-15,27H,11-12,16H2,1-2H3.